The smallest absolute Gasteiger partial charge is 0.321 e. The van der Waals surface area contributed by atoms with Crippen molar-refractivity contribution >= 4 is 29.4 Å². The lowest BCUT2D eigenvalue weighted by Crippen LogP contribution is -2.40. The number of urea groups is 1. The van der Waals surface area contributed by atoms with Crippen molar-refractivity contribution in [1.29, 1.82) is 0 Å². The van der Waals surface area contributed by atoms with Gasteiger partial charge in [0, 0.05) is 17.1 Å². The van der Waals surface area contributed by atoms with Gasteiger partial charge in [-0.3, -0.25) is 10.1 Å². The average molecular weight is 279 g/mol. The van der Waals surface area contributed by atoms with Crippen LogP contribution in [0.15, 0.2) is 35.7 Å². The second-order valence-electron chi connectivity index (χ2n) is 3.86. The zero-order valence-corrected chi connectivity index (χ0v) is 11.5. The second-order valence-corrected chi connectivity index (χ2v) is 4.88. The summed E-state index contributed by atoms with van der Waals surface area (Å²) < 4.78 is 0. The minimum absolute atomic E-state index is 0.159. The van der Waals surface area contributed by atoms with Gasteiger partial charge in [0.1, 0.15) is 0 Å². The molecule has 0 aliphatic heterocycles. The van der Waals surface area contributed by atoms with Gasteiger partial charge in [0.2, 0.25) is 5.91 Å². The molecule has 1 aromatic rings. The maximum Gasteiger partial charge on any atom is 0.321 e. The zero-order chi connectivity index (χ0) is 14.3. The molecule has 0 radical (unpaired) electrons. The fraction of sp³-hybridized carbons (Fsp3) is 0.231. The van der Waals surface area contributed by atoms with Gasteiger partial charge in [0.05, 0.1) is 5.75 Å². The average Bonchev–Trinajstić information content (AvgIpc) is 2.37. The van der Waals surface area contributed by atoms with Gasteiger partial charge in [-0.1, -0.05) is 12.1 Å². The highest BCUT2D eigenvalue weighted by molar-refractivity contribution is 8.00. The van der Waals surface area contributed by atoms with Gasteiger partial charge in [-0.15, -0.1) is 18.3 Å². The fourth-order valence-corrected chi connectivity index (χ4v) is 2.16. The predicted molar refractivity (Wildman–Crippen MR) is 78.1 cm³/mol. The van der Waals surface area contributed by atoms with Crippen LogP contribution in [0.4, 0.5) is 10.5 Å². The first-order valence-electron chi connectivity index (χ1n) is 5.70. The lowest BCUT2D eigenvalue weighted by Gasteiger charge is -2.07. The van der Waals surface area contributed by atoms with Crippen molar-refractivity contribution in [2.45, 2.75) is 11.8 Å². The molecular formula is C13H17N3O2S. The van der Waals surface area contributed by atoms with E-state index in [1.165, 1.54) is 17.8 Å². The Morgan fingerprint density at radius 1 is 1.47 bits per heavy atom. The number of carbonyl (C=O) groups excluding carboxylic acids is 2. The Labute approximate surface area is 116 Å². The molecule has 3 amide bonds. The maximum absolute atomic E-state index is 11.5. The van der Waals surface area contributed by atoms with Crippen LogP contribution in [0.2, 0.25) is 0 Å². The number of thioether (sulfide) groups is 1. The third-order valence-corrected chi connectivity index (χ3v) is 3.39. The molecule has 0 bridgehead atoms. The highest BCUT2D eigenvalue weighted by Crippen LogP contribution is 2.24. The largest absolute Gasteiger partial charge is 0.399 e. The molecule has 19 heavy (non-hydrogen) atoms. The molecule has 0 unspecified atom stereocenters. The number of carbonyl (C=O) groups is 2. The van der Waals surface area contributed by atoms with E-state index in [2.05, 4.69) is 17.2 Å². The predicted octanol–water partition coefficient (Wildman–Crippen LogP) is 1.68. The molecule has 0 saturated heterocycles. The van der Waals surface area contributed by atoms with Crippen molar-refractivity contribution in [2.75, 3.05) is 18.0 Å². The molecule has 1 rings (SSSR count). The molecule has 4 N–H and O–H groups in total. The van der Waals surface area contributed by atoms with Crippen LogP contribution in [-0.2, 0) is 4.79 Å². The van der Waals surface area contributed by atoms with E-state index in [4.69, 9.17) is 5.73 Å². The van der Waals surface area contributed by atoms with Crippen molar-refractivity contribution in [1.82, 2.24) is 10.6 Å². The normalized spacial score (nSPS) is 9.74. The van der Waals surface area contributed by atoms with Crippen LogP contribution in [0.1, 0.15) is 5.56 Å². The molecule has 0 fully saturated rings. The maximum atomic E-state index is 11.5. The molecular weight excluding hydrogens is 262 g/mol. The molecule has 1 aromatic carbocycles. The van der Waals surface area contributed by atoms with Gasteiger partial charge in [-0.2, -0.15) is 0 Å². The van der Waals surface area contributed by atoms with Crippen molar-refractivity contribution in [3.63, 3.8) is 0 Å². The minimum atomic E-state index is -0.519. The lowest BCUT2D eigenvalue weighted by atomic mass is 10.2. The second kappa shape index (κ2) is 7.48. The Morgan fingerprint density at radius 2 is 2.21 bits per heavy atom. The summed E-state index contributed by atoms with van der Waals surface area (Å²) in [6.07, 6.45) is 1.54. The highest BCUT2D eigenvalue weighted by Gasteiger charge is 2.08. The molecule has 5 nitrogen and oxygen atoms in total. The van der Waals surface area contributed by atoms with Crippen molar-refractivity contribution in [3.05, 3.63) is 36.4 Å². The molecule has 0 spiro atoms. The summed E-state index contributed by atoms with van der Waals surface area (Å²) in [7, 11) is 0. The van der Waals surface area contributed by atoms with E-state index < -0.39 is 6.03 Å². The van der Waals surface area contributed by atoms with E-state index in [9.17, 15) is 9.59 Å². The number of nitrogens with one attached hydrogen (secondary N) is 2. The summed E-state index contributed by atoms with van der Waals surface area (Å²) in [6, 6.07) is 4.99. The summed E-state index contributed by atoms with van der Waals surface area (Å²) in [4.78, 5) is 23.7. The standard InChI is InChI=1S/C13H17N3O2S/c1-3-6-15-13(18)16-12(17)8-19-11-7-10(14)5-4-9(11)2/h3-5,7H,1,6,8,14H2,2H3,(H2,15,16,17,18). The van der Waals surface area contributed by atoms with Gasteiger partial charge in [-0.25, -0.2) is 4.79 Å². The monoisotopic (exact) mass is 279 g/mol. The van der Waals surface area contributed by atoms with Crippen LogP contribution >= 0.6 is 11.8 Å². The topological polar surface area (TPSA) is 84.2 Å². The van der Waals surface area contributed by atoms with Gasteiger partial charge in [0.15, 0.2) is 0 Å². The summed E-state index contributed by atoms with van der Waals surface area (Å²) in [5.41, 5.74) is 7.38. The number of benzene rings is 1. The van der Waals surface area contributed by atoms with Gasteiger partial charge >= 0.3 is 6.03 Å². The number of nitrogens with two attached hydrogens (primary N) is 1. The van der Waals surface area contributed by atoms with Gasteiger partial charge in [0.25, 0.3) is 0 Å². The number of hydrogen-bond donors (Lipinski definition) is 3. The first kappa shape index (κ1) is 15.1. The van der Waals surface area contributed by atoms with Crippen molar-refractivity contribution in [3.8, 4) is 0 Å². The summed E-state index contributed by atoms with van der Waals surface area (Å²) in [5, 5.41) is 4.69. The van der Waals surface area contributed by atoms with Crippen molar-refractivity contribution < 1.29 is 9.59 Å². The van der Waals surface area contributed by atoms with Crippen LogP contribution in [0.5, 0.6) is 0 Å². The number of nitrogen functional groups attached to an aromatic ring is 1. The lowest BCUT2D eigenvalue weighted by molar-refractivity contribution is -0.117. The van der Waals surface area contributed by atoms with Gasteiger partial charge < -0.3 is 11.1 Å². The van der Waals surface area contributed by atoms with Crippen LogP contribution in [0.3, 0.4) is 0 Å². The van der Waals surface area contributed by atoms with E-state index in [1.807, 2.05) is 25.1 Å². The Morgan fingerprint density at radius 3 is 2.89 bits per heavy atom. The zero-order valence-electron chi connectivity index (χ0n) is 10.7. The molecule has 0 atom stereocenters. The number of amides is 3. The molecule has 0 heterocycles. The molecule has 0 aromatic heterocycles. The van der Waals surface area contributed by atoms with E-state index >= 15 is 0 Å². The summed E-state index contributed by atoms with van der Waals surface area (Å²) in [6.45, 7) is 5.72. The Balaban J connectivity index is 2.43. The first-order valence-corrected chi connectivity index (χ1v) is 6.69. The van der Waals surface area contributed by atoms with E-state index in [1.54, 1.807) is 0 Å². The first-order chi connectivity index (χ1) is 9.02. The molecule has 6 heteroatoms. The Kier molecular flexibility index (Phi) is 5.95. The molecule has 0 saturated carbocycles. The minimum Gasteiger partial charge on any atom is -0.399 e. The van der Waals surface area contributed by atoms with Crippen LogP contribution in [0.25, 0.3) is 0 Å². The molecule has 0 aliphatic carbocycles. The van der Waals surface area contributed by atoms with Crippen molar-refractivity contribution in [2.24, 2.45) is 0 Å². The highest BCUT2D eigenvalue weighted by atomic mass is 32.2. The number of anilines is 1. The Bertz CT molecular complexity index is 489. The Hall–Kier alpha value is -1.95. The number of imide groups is 1. The van der Waals surface area contributed by atoms with E-state index in [0.717, 1.165) is 10.5 Å². The summed E-state index contributed by atoms with van der Waals surface area (Å²) >= 11 is 1.34. The third kappa shape index (κ3) is 5.48. The fourth-order valence-electron chi connectivity index (χ4n) is 1.29. The van der Waals surface area contributed by atoms with Gasteiger partial charge in [-0.05, 0) is 24.6 Å². The van der Waals surface area contributed by atoms with Crippen LogP contribution in [0, 0.1) is 6.92 Å². The van der Waals surface area contributed by atoms with Crippen LogP contribution in [-0.4, -0.2) is 24.2 Å². The SMILES string of the molecule is C=CCNC(=O)NC(=O)CSc1cc(N)ccc1C. The molecule has 0 aliphatic rings. The van der Waals surface area contributed by atoms with Crippen LogP contribution < -0.4 is 16.4 Å². The van der Waals surface area contributed by atoms with E-state index in [0.29, 0.717) is 12.2 Å². The quantitative estimate of drug-likeness (QED) is 0.435. The number of hydrogen-bond acceptors (Lipinski definition) is 4. The van der Waals surface area contributed by atoms with E-state index in [-0.39, 0.29) is 11.7 Å². The summed E-state index contributed by atoms with van der Waals surface area (Å²) in [5.74, 6) is -0.195. The number of rotatable bonds is 5. The third-order valence-electron chi connectivity index (χ3n) is 2.23. The number of aryl methyl sites for hydroxylation is 1. The molecule has 102 valence electrons.